The Morgan fingerprint density at radius 2 is 1.77 bits per heavy atom. The van der Waals surface area contributed by atoms with E-state index in [9.17, 15) is 20.1 Å². The maximum atomic E-state index is 10.9. The van der Waals surface area contributed by atoms with E-state index >= 15 is 0 Å². The highest BCUT2D eigenvalue weighted by molar-refractivity contribution is 5.70. The molecule has 2 aliphatic heterocycles. The van der Waals surface area contributed by atoms with Crippen LogP contribution in [0.15, 0.2) is 0 Å². The van der Waals surface area contributed by atoms with Crippen molar-refractivity contribution in [1.29, 1.82) is 0 Å². The molecule has 0 radical (unpaired) electrons. The average Bonchev–Trinajstić information content (AvgIpc) is 2.50. The predicted octanol–water partition coefficient (Wildman–Crippen LogP) is -0.567. The van der Waals surface area contributed by atoms with Gasteiger partial charge in [-0.3, -0.25) is 4.79 Å². The zero-order valence-corrected chi connectivity index (χ0v) is 13.0. The van der Waals surface area contributed by atoms with Crippen molar-refractivity contribution < 1.29 is 30.0 Å². The summed E-state index contributed by atoms with van der Waals surface area (Å²) in [7, 11) is 0. The Morgan fingerprint density at radius 1 is 1.14 bits per heavy atom. The molecule has 0 aromatic carbocycles. The molecule has 2 rings (SSSR count). The molecule has 7 nitrogen and oxygen atoms in total. The van der Waals surface area contributed by atoms with Gasteiger partial charge in [0, 0.05) is 0 Å². The van der Waals surface area contributed by atoms with Gasteiger partial charge in [0.05, 0.1) is 18.1 Å². The molecule has 0 saturated carbocycles. The van der Waals surface area contributed by atoms with Gasteiger partial charge in [0.2, 0.25) is 0 Å². The van der Waals surface area contributed by atoms with Crippen LogP contribution in [0.3, 0.4) is 0 Å². The Bertz CT molecular complexity index is 371. The molecule has 0 aliphatic carbocycles. The number of carbonyl (C=O) groups is 1. The predicted molar refractivity (Wildman–Crippen MR) is 78.4 cm³/mol. The van der Waals surface area contributed by atoms with E-state index in [2.05, 4.69) is 4.90 Å². The first-order valence-corrected chi connectivity index (χ1v) is 8.05. The van der Waals surface area contributed by atoms with Crippen LogP contribution < -0.4 is 0 Å². The molecule has 0 unspecified atom stereocenters. The Balaban J connectivity index is 1.69. The third-order valence-corrected chi connectivity index (χ3v) is 4.85. The minimum atomic E-state index is -1.17. The van der Waals surface area contributed by atoms with E-state index in [1.54, 1.807) is 6.92 Å². The normalized spacial score (nSPS) is 38.1. The number of aliphatic carboxylic acids is 1. The number of aliphatic hydroxyl groups is 3. The summed E-state index contributed by atoms with van der Waals surface area (Å²) in [5.74, 6) is -0.933. The standard InChI is InChI=1S/C15H27NO6/c1-9-12(17)14(19)13(18)11(22-9)3-2-6-16-7-4-10(5-8-16)15(20)21/h9-14,17-19H,2-8H2,1H3,(H,20,21)/t9-,11+,12-,13-,14+/m1/s1. The van der Waals surface area contributed by atoms with E-state index in [0.29, 0.717) is 19.3 Å². The van der Waals surface area contributed by atoms with Crippen LogP contribution in [0.2, 0.25) is 0 Å². The first-order valence-electron chi connectivity index (χ1n) is 8.05. The molecule has 0 aromatic rings. The fourth-order valence-electron chi connectivity index (χ4n) is 3.29. The van der Waals surface area contributed by atoms with E-state index in [1.807, 2.05) is 0 Å². The van der Waals surface area contributed by atoms with Crippen molar-refractivity contribution >= 4 is 5.97 Å². The molecule has 4 N–H and O–H groups in total. The number of hydrogen-bond donors (Lipinski definition) is 4. The maximum absolute atomic E-state index is 10.9. The lowest BCUT2D eigenvalue weighted by atomic mass is 9.93. The van der Waals surface area contributed by atoms with Crippen LogP contribution in [0.1, 0.15) is 32.6 Å². The first-order chi connectivity index (χ1) is 10.4. The summed E-state index contributed by atoms with van der Waals surface area (Å²) in [5, 5.41) is 38.3. The van der Waals surface area contributed by atoms with Crippen molar-refractivity contribution in [3.63, 3.8) is 0 Å². The van der Waals surface area contributed by atoms with Crippen LogP contribution in [-0.4, -0.2) is 81.4 Å². The van der Waals surface area contributed by atoms with Gasteiger partial charge in [0.15, 0.2) is 0 Å². The lowest BCUT2D eigenvalue weighted by Crippen LogP contribution is -2.56. The van der Waals surface area contributed by atoms with Gasteiger partial charge in [0.1, 0.15) is 18.3 Å². The average molecular weight is 317 g/mol. The molecule has 128 valence electrons. The fraction of sp³-hybridized carbons (Fsp3) is 0.933. The molecular weight excluding hydrogens is 290 g/mol. The van der Waals surface area contributed by atoms with Crippen LogP contribution in [0.4, 0.5) is 0 Å². The second-order valence-electron chi connectivity index (χ2n) is 6.45. The molecule has 0 amide bonds. The van der Waals surface area contributed by atoms with E-state index in [-0.39, 0.29) is 5.92 Å². The second kappa shape index (κ2) is 7.70. The smallest absolute Gasteiger partial charge is 0.306 e. The SMILES string of the molecule is C[C@H]1O[C@@H](CCCN2CCC(C(=O)O)CC2)[C@@H](O)[C@@H](O)[C@@H]1O. The number of piperidine rings is 1. The third-order valence-electron chi connectivity index (χ3n) is 4.85. The lowest BCUT2D eigenvalue weighted by Gasteiger charge is -2.39. The minimum Gasteiger partial charge on any atom is -0.481 e. The van der Waals surface area contributed by atoms with Gasteiger partial charge in [-0.2, -0.15) is 0 Å². The van der Waals surface area contributed by atoms with Crippen LogP contribution >= 0.6 is 0 Å². The quantitative estimate of drug-likeness (QED) is 0.537. The number of ether oxygens (including phenoxy) is 1. The topological polar surface area (TPSA) is 110 Å². The molecule has 2 heterocycles. The highest BCUT2D eigenvalue weighted by Crippen LogP contribution is 2.24. The Hall–Kier alpha value is -0.730. The summed E-state index contributed by atoms with van der Waals surface area (Å²) in [6, 6.07) is 0. The summed E-state index contributed by atoms with van der Waals surface area (Å²) in [4.78, 5) is 13.1. The summed E-state index contributed by atoms with van der Waals surface area (Å²) in [5.41, 5.74) is 0. The molecule has 0 bridgehead atoms. The zero-order chi connectivity index (χ0) is 16.3. The molecule has 2 fully saturated rings. The molecule has 2 saturated heterocycles. The number of aliphatic hydroxyl groups excluding tert-OH is 3. The van der Waals surface area contributed by atoms with Crippen molar-refractivity contribution in [3.8, 4) is 0 Å². The van der Waals surface area contributed by atoms with Gasteiger partial charge < -0.3 is 30.1 Å². The van der Waals surface area contributed by atoms with E-state index < -0.39 is 36.5 Å². The van der Waals surface area contributed by atoms with Gasteiger partial charge in [-0.1, -0.05) is 0 Å². The molecule has 2 aliphatic rings. The molecule has 5 atom stereocenters. The number of hydrogen-bond acceptors (Lipinski definition) is 6. The molecular formula is C15H27NO6. The zero-order valence-electron chi connectivity index (χ0n) is 13.0. The van der Waals surface area contributed by atoms with Gasteiger partial charge >= 0.3 is 5.97 Å². The van der Waals surface area contributed by atoms with Gasteiger partial charge in [-0.25, -0.2) is 0 Å². The fourth-order valence-corrected chi connectivity index (χ4v) is 3.29. The highest BCUT2D eigenvalue weighted by Gasteiger charge is 2.41. The van der Waals surface area contributed by atoms with Gasteiger partial charge in [0.25, 0.3) is 0 Å². The van der Waals surface area contributed by atoms with Crippen molar-refractivity contribution in [2.45, 2.75) is 63.1 Å². The third kappa shape index (κ3) is 4.17. The first kappa shape index (κ1) is 17.6. The summed E-state index contributed by atoms with van der Waals surface area (Å²) >= 11 is 0. The lowest BCUT2D eigenvalue weighted by molar-refractivity contribution is -0.218. The molecule has 7 heteroatoms. The second-order valence-corrected chi connectivity index (χ2v) is 6.45. The largest absolute Gasteiger partial charge is 0.481 e. The van der Waals surface area contributed by atoms with Crippen LogP contribution in [0.25, 0.3) is 0 Å². The number of rotatable bonds is 5. The Morgan fingerprint density at radius 3 is 2.36 bits per heavy atom. The van der Waals surface area contributed by atoms with E-state index in [4.69, 9.17) is 9.84 Å². The maximum Gasteiger partial charge on any atom is 0.306 e. The van der Waals surface area contributed by atoms with Crippen LogP contribution in [-0.2, 0) is 9.53 Å². The van der Waals surface area contributed by atoms with E-state index in [1.165, 1.54) is 0 Å². The summed E-state index contributed by atoms with van der Waals surface area (Å²) in [6.07, 6.45) is -1.48. The molecule has 0 aromatic heterocycles. The van der Waals surface area contributed by atoms with Crippen molar-refractivity contribution in [3.05, 3.63) is 0 Å². The van der Waals surface area contributed by atoms with Crippen molar-refractivity contribution in [2.24, 2.45) is 5.92 Å². The van der Waals surface area contributed by atoms with Crippen molar-refractivity contribution in [1.82, 2.24) is 4.90 Å². The summed E-state index contributed by atoms with van der Waals surface area (Å²) in [6.45, 7) is 4.07. The van der Waals surface area contributed by atoms with E-state index in [0.717, 1.165) is 26.1 Å². The molecule has 0 spiro atoms. The van der Waals surface area contributed by atoms with Gasteiger partial charge in [-0.05, 0) is 52.2 Å². The number of nitrogens with zero attached hydrogens (tertiary/aromatic N) is 1. The molecule has 22 heavy (non-hydrogen) atoms. The number of carboxylic acid groups (broad SMARTS) is 1. The number of carboxylic acids is 1. The summed E-state index contributed by atoms with van der Waals surface area (Å²) < 4.78 is 5.56. The minimum absolute atomic E-state index is 0.225. The monoisotopic (exact) mass is 317 g/mol. The van der Waals surface area contributed by atoms with Crippen molar-refractivity contribution in [2.75, 3.05) is 19.6 Å². The highest BCUT2D eigenvalue weighted by atomic mass is 16.5. The van der Waals surface area contributed by atoms with Crippen LogP contribution in [0.5, 0.6) is 0 Å². The Kier molecular flexibility index (Phi) is 6.17. The van der Waals surface area contributed by atoms with Gasteiger partial charge in [-0.15, -0.1) is 0 Å². The number of likely N-dealkylation sites (tertiary alicyclic amines) is 1. The van der Waals surface area contributed by atoms with Crippen LogP contribution in [0, 0.1) is 5.92 Å². The Labute approximate surface area is 130 Å².